The highest BCUT2D eigenvalue weighted by Gasteiger charge is 2.20. The molecule has 96 valence electrons. The van der Waals surface area contributed by atoms with E-state index in [-0.39, 0.29) is 0 Å². The number of nitrogens with one attached hydrogen (secondary N) is 1. The van der Waals surface area contributed by atoms with Crippen LogP contribution < -0.4 is 5.39 Å². The molecule has 0 atom stereocenters. The van der Waals surface area contributed by atoms with E-state index >= 15 is 0 Å². The van der Waals surface area contributed by atoms with Gasteiger partial charge in [0, 0.05) is 0 Å². The van der Waals surface area contributed by atoms with Crippen molar-refractivity contribution in [3.05, 3.63) is 35.9 Å². The van der Waals surface area contributed by atoms with Gasteiger partial charge in [0.1, 0.15) is 0 Å². The Bertz CT molecular complexity index is 311. The molecule has 1 rings (SSSR count). The van der Waals surface area contributed by atoms with Crippen molar-refractivity contribution in [2.45, 2.75) is 26.2 Å². The van der Waals surface area contributed by atoms with Crippen molar-refractivity contribution in [3.8, 4) is 0 Å². The Labute approximate surface area is 98.2 Å². The monoisotopic (exact) mass is 250 g/mol. The van der Waals surface area contributed by atoms with Gasteiger partial charge in [0.25, 0.3) is 0 Å². The van der Waals surface area contributed by atoms with Crippen molar-refractivity contribution in [1.82, 2.24) is 0 Å². The van der Waals surface area contributed by atoms with E-state index in [1.54, 1.807) is 0 Å². The standard InChI is InChI=1S/C10H14.BF4.N2/c1-10(2,3)9-7-5-4-6-8-9;2-1(3,4)5;1-2/h4-8H,1-3H3;;/q;-1;/p+1. The first kappa shape index (κ1) is 17.8. The minimum Gasteiger partial charge on any atom is -0.418 e. The van der Waals surface area contributed by atoms with Crippen molar-refractivity contribution >= 4 is 7.25 Å². The van der Waals surface area contributed by atoms with Crippen LogP contribution in [0.2, 0.25) is 0 Å². The minimum atomic E-state index is -6.00. The number of hydrogen-bond donors (Lipinski definition) is 1. The molecule has 0 saturated heterocycles. The number of benzene rings is 1. The molecule has 0 aliphatic rings. The summed E-state index contributed by atoms with van der Waals surface area (Å²) in [5, 5.41) is 11.0. The normalized spacial score (nSPS) is 10.4. The van der Waals surface area contributed by atoms with Gasteiger partial charge >= 0.3 is 7.25 Å². The third-order valence-electron chi connectivity index (χ3n) is 1.64. The average Bonchev–Trinajstić information content (AvgIpc) is 2.18. The Morgan fingerprint density at radius 2 is 1.24 bits per heavy atom. The van der Waals surface area contributed by atoms with Crippen LogP contribution in [0.5, 0.6) is 0 Å². The summed E-state index contributed by atoms with van der Waals surface area (Å²) in [5.41, 5.74) is 1.69. The SMILES string of the molecule is CC(C)(C)c1ccccc1.F[B-](F)(F)F.N#[NH+]. The predicted octanol–water partition coefficient (Wildman–Crippen LogP) is 2.56. The van der Waals surface area contributed by atoms with Crippen LogP contribution >= 0.6 is 0 Å². The lowest BCUT2D eigenvalue weighted by Gasteiger charge is -2.18. The summed E-state index contributed by atoms with van der Waals surface area (Å²) in [6.45, 7) is 6.67. The molecule has 0 heterocycles. The average molecular weight is 250 g/mol. The summed E-state index contributed by atoms with van der Waals surface area (Å²) in [4.78, 5) is 0. The zero-order chi connectivity index (χ0) is 14.1. The molecule has 0 fully saturated rings. The molecular weight excluding hydrogens is 235 g/mol. The van der Waals surface area contributed by atoms with E-state index < -0.39 is 7.25 Å². The summed E-state index contributed by atoms with van der Waals surface area (Å²) in [6.07, 6.45) is 0. The van der Waals surface area contributed by atoms with Crippen molar-refractivity contribution in [2.24, 2.45) is 0 Å². The summed E-state index contributed by atoms with van der Waals surface area (Å²) in [7, 11) is -6.00. The molecule has 0 spiro atoms. The summed E-state index contributed by atoms with van der Waals surface area (Å²) < 4.78 is 39.0. The van der Waals surface area contributed by atoms with Gasteiger partial charge in [-0.2, -0.15) is 0 Å². The Kier molecular flexibility index (Phi) is 8.02. The fraction of sp³-hybridized carbons (Fsp3) is 0.400. The maximum atomic E-state index is 9.75. The molecular formula is C10H15BF4N2. The molecule has 0 radical (unpaired) electrons. The largest absolute Gasteiger partial charge is 0.673 e. The van der Waals surface area contributed by atoms with Crippen LogP contribution in [0.3, 0.4) is 0 Å². The first-order chi connectivity index (χ1) is 7.61. The number of nitrogens with zero attached hydrogens (tertiary/aromatic N) is 1. The molecule has 0 bridgehead atoms. The lowest BCUT2D eigenvalue weighted by molar-refractivity contribution is -0.175. The Morgan fingerprint density at radius 1 is 0.941 bits per heavy atom. The second kappa shape index (κ2) is 7.66. The fourth-order valence-electron chi connectivity index (χ4n) is 0.938. The molecule has 2 nitrogen and oxygen atoms in total. The second-order valence-electron chi connectivity index (χ2n) is 4.11. The summed E-state index contributed by atoms with van der Waals surface area (Å²) in [5.74, 6) is 0. The summed E-state index contributed by atoms with van der Waals surface area (Å²) >= 11 is 0. The first-order valence-corrected chi connectivity index (χ1v) is 4.76. The van der Waals surface area contributed by atoms with Crippen molar-refractivity contribution in [3.63, 3.8) is 0 Å². The van der Waals surface area contributed by atoms with Gasteiger partial charge in [0.2, 0.25) is 5.39 Å². The zero-order valence-electron chi connectivity index (χ0n) is 9.92. The molecule has 0 aliphatic heterocycles. The molecule has 17 heavy (non-hydrogen) atoms. The molecule has 0 aliphatic carbocycles. The van der Waals surface area contributed by atoms with Crippen LogP contribution in [0.15, 0.2) is 30.3 Å². The van der Waals surface area contributed by atoms with Gasteiger partial charge in [-0.15, -0.1) is 0 Å². The van der Waals surface area contributed by atoms with E-state index in [1.165, 1.54) is 5.56 Å². The third kappa shape index (κ3) is 14.4. The predicted molar refractivity (Wildman–Crippen MR) is 58.0 cm³/mol. The maximum absolute atomic E-state index is 9.75. The van der Waals surface area contributed by atoms with E-state index in [0.717, 1.165) is 0 Å². The van der Waals surface area contributed by atoms with E-state index in [4.69, 9.17) is 10.8 Å². The van der Waals surface area contributed by atoms with Crippen LogP contribution in [0.25, 0.3) is 0 Å². The molecule has 1 aromatic carbocycles. The number of diazo groups is 1. The number of hydrogen-bond acceptors (Lipinski definition) is 1. The second-order valence-corrected chi connectivity index (χ2v) is 4.11. The fourth-order valence-corrected chi connectivity index (χ4v) is 0.938. The molecule has 0 saturated carbocycles. The van der Waals surface area contributed by atoms with Gasteiger partial charge in [0.05, 0.1) is 5.39 Å². The minimum absolute atomic E-state index is 0.293. The molecule has 0 unspecified atom stereocenters. The molecule has 1 N–H and O–H groups in total. The summed E-state index contributed by atoms with van der Waals surface area (Å²) in [6, 6.07) is 10.6. The molecule has 0 amide bonds. The van der Waals surface area contributed by atoms with Crippen molar-refractivity contribution in [1.29, 1.82) is 5.39 Å². The van der Waals surface area contributed by atoms with Gasteiger partial charge < -0.3 is 17.3 Å². The van der Waals surface area contributed by atoms with E-state index in [0.29, 0.717) is 5.41 Å². The van der Waals surface area contributed by atoms with E-state index in [2.05, 4.69) is 51.1 Å². The lowest BCUT2D eigenvalue weighted by atomic mass is 9.87. The van der Waals surface area contributed by atoms with Gasteiger partial charge in [-0.3, -0.25) is 0 Å². The van der Waals surface area contributed by atoms with Crippen molar-refractivity contribution in [2.75, 3.05) is 0 Å². The van der Waals surface area contributed by atoms with Gasteiger partial charge in [-0.25, -0.2) is 0 Å². The van der Waals surface area contributed by atoms with Crippen LogP contribution in [0.4, 0.5) is 17.3 Å². The Hall–Kier alpha value is -1.58. The highest BCUT2D eigenvalue weighted by atomic mass is 19.5. The Morgan fingerprint density at radius 3 is 1.41 bits per heavy atom. The lowest BCUT2D eigenvalue weighted by Crippen LogP contribution is -2.11. The van der Waals surface area contributed by atoms with Crippen LogP contribution in [0.1, 0.15) is 26.3 Å². The Balaban J connectivity index is 0. The zero-order valence-corrected chi connectivity index (χ0v) is 9.92. The smallest absolute Gasteiger partial charge is 0.418 e. The highest BCUT2D eigenvalue weighted by Crippen LogP contribution is 2.20. The van der Waals surface area contributed by atoms with Gasteiger partial charge in [-0.05, 0) is 11.0 Å². The first-order valence-electron chi connectivity index (χ1n) is 4.76. The van der Waals surface area contributed by atoms with E-state index in [1.807, 2.05) is 0 Å². The number of halogens is 4. The highest BCUT2D eigenvalue weighted by molar-refractivity contribution is 6.50. The molecule has 1 aromatic rings. The van der Waals surface area contributed by atoms with E-state index in [9.17, 15) is 17.3 Å². The van der Waals surface area contributed by atoms with Crippen molar-refractivity contribution < 1.29 is 22.7 Å². The third-order valence-corrected chi connectivity index (χ3v) is 1.64. The topological polar surface area (TPSA) is 47.6 Å². The van der Waals surface area contributed by atoms with Crippen LogP contribution in [-0.4, -0.2) is 7.25 Å². The van der Waals surface area contributed by atoms with Crippen LogP contribution in [-0.2, 0) is 5.41 Å². The quantitative estimate of drug-likeness (QED) is 0.429. The van der Waals surface area contributed by atoms with Crippen LogP contribution in [0, 0.1) is 5.39 Å². The van der Waals surface area contributed by atoms with Gasteiger partial charge in [0.15, 0.2) is 0 Å². The molecule has 7 heteroatoms. The molecule has 0 aromatic heterocycles. The maximum Gasteiger partial charge on any atom is 0.673 e. The van der Waals surface area contributed by atoms with Gasteiger partial charge in [-0.1, -0.05) is 51.1 Å². The number of rotatable bonds is 0.